The second-order valence-electron chi connectivity index (χ2n) is 2.51. The van der Waals surface area contributed by atoms with Crippen molar-refractivity contribution in [1.82, 2.24) is 5.32 Å². The molecule has 1 heterocycles. The zero-order valence-electron chi connectivity index (χ0n) is 7.35. The number of carboxylic acid groups (broad SMARTS) is 1. The fraction of sp³-hybridized carbons (Fsp3) is 0.125. The molecule has 1 rings (SSSR count). The number of nitrogens with one attached hydrogen (secondary N) is 1. The molecule has 0 saturated heterocycles. The lowest BCUT2D eigenvalue weighted by molar-refractivity contribution is -0.607. The Morgan fingerprint density at radius 2 is 2.14 bits per heavy atom. The summed E-state index contributed by atoms with van der Waals surface area (Å²) in [6, 6.07) is 2.36. The van der Waals surface area contributed by atoms with Gasteiger partial charge in [-0.05, 0) is 6.07 Å². The minimum atomic E-state index is -1.21. The van der Waals surface area contributed by atoms with Crippen LogP contribution in [0.3, 0.4) is 0 Å². The van der Waals surface area contributed by atoms with Crippen molar-refractivity contribution in [2.75, 3.05) is 7.05 Å². The van der Waals surface area contributed by atoms with Crippen LogP contribution in [0, 0.1) is 5.21 Å². The number of pyridine rings is 1. The maximum Gasteiger partial charge on any atom is 0.341 e. The summed E-state index contributed by atoms with van der Waals surface area (Å²) in [6.07, 6.45) is 0.840. The highest BCUT2D eigenvalue weighted by Crippen LogP contribution is 1.98. The van der Waals surface area contributed by atoms with Crippen molar-refractivity contribution in [3.05, 3.63) is 34.8 Å². The molecule has 0 unspecified atom stereocenters. The molecular formula is C8H8N2O4. The molecule has 0 spiro atoms. The predicted octanol–water partition coefficient (Wildman–Crippen LogP) is -0.622. The summed E-state index contributed by atoms with van der Waals surface area (Å²) in [6.45, 7) is 0. The Morgan fingerprint density at radius 3 is 2.57 bits per heavy atom. The lowest BCUT2D eigenvalue weighted by Crippen LogP contribution is -2.38. The van der Waals surface area contributed by atoms with Gasteiger partial charge >= 0.3 is 11.9 Å². The summed E-state index contributed by atoms with van der Waals surface area (Å²) >= 11 is 0. The number of aromatic carboxylic acids is 1. The fourth-order valence-corrected chi connectivity index (χ4v) is 0.911. The van der Waals surface area contributed by atoms with Crippen molar-refractivity contribution in [2.45, 2.75) is 0 Å². The summed E-state index contributed by atoms with van der Waals surface area (Å²) < 4.78 is 0.224. The maximum absolute atomic E-state index is 11.1. The van der Waals surface area contributed by atoms with E-state index in [1.807, 2.05) is 0 Å². The van der Waals surface area contributed by atoms with Crippen molar-refractivity contribution in [2.24, 2.45) is 0 Å². The molecule has 14 heavy (non-hydrogen) atoms. The highest BCUT2D eigenvalue weighted by atomic mass is 16.5. The van der Waals surface area contributed by atoms with Crippen molar-refractivity contribution >= 4 is 11.9 Å². The van der Waals surface area contributed by atoms with Crippen LogP contribution in [-0.2, 0) is 0 Å². The van der Waals surface area contributed by atoms with Crippen LogP contribution < -0.4 is 10.0 Å². The van der Waals surface area contributed by atoms with Crippen LogP contribution >= 0.6 is 0 Å². The lowest BCUT2D eigenvalue weighted by Gasteiger charge is -2.02. The van der Waals surface area contributed by atoms with E-state index in [0.29, 0.717) is 0 Å². The molecule has 1 amide bonds. The zero-order chi connectivity index (χ0) is 10.7. The Labute approximate surface area is 79.4 Å². The SMILES string of the molecule is CNC(=O)c1ccc(C(=O)O)c[n+]1[O-]. The molecule has 0 fully saturated rings. The Bertz CT molecular complexity index is 389. The number of aromatic nitrogens is 1. The van der Waals surface area contributed by atoms with Gasteiger partial charge in [-0.1, -0.05) is 0 Å². The molecule has 0 atom stereocenters. The summed E-state index contributed by atoms with van der Waals surface area (Å²) in [5.41, 5.74) is -0.301. The summed E-state index contributed by atoms with van der Waals surface area (Å²) in [4.78, 5) is 21.5. The van der Waals surface area contributed by atoms with E-state index in [4.69, 9.17) is 5.11 Å². The topological polar surface area (TPSA) is 93.3 Å². The van der Waals surface area contributed by atoms with Gasteiger partial charge in [0.05, 0.1) is 0 Å². The zero-order valence-corrected chi connectivity index (χ0v) is 7.35. The van der Waals surface area contributed by atoms with Crippen LogP contribution in [0.2, 0.25) is 0 Å². The standard InChI is InChI=1S/C8H8N2O4/c1-9-7(11)6-3-2-5(8(12)13)4-10(6)14/h2-4H,1H3,(H,9,11)(H,12,13). The summed E-state index contributed by atoms with van der Waals surface area (Å²) in [5, 5.41) is 21.9. The fourth-order valence-electron chi connectivity index (χ4n) is 0.911. The third-order valence-corrected chi connectivity index (χ3v) is 1.62. The minimum Gasteiger partial charge on any atom is -0.618 e. The second-order valence-corrected chi connectivity index (χ2v) is 2.51. The molecular weight excluding hydrogens is 188 g/mol. The number of hydrogen-bond acceptors (Lipinski definition) is 3. The number of nitrogens with zero attached hydrogens (tertiary/aromatic N) is 1. The van der Waals surface area contributed by atoms with E-state index in [0.717, 1.165) is 12.3 Å². The predicted molar refractivity (Wildman–Crippen MR) is 45.8 cm³/mol. The molecule has 0 bridgehead atoms. The number of rotatable bonds is 2. The van der Waals surface area contributed by atoms with Gasteiger partial charge in [-0.2, -0.15) is 4.73 Å². The van der Waals surface area contributed by atoms with Crippen molar-refractivity contribution in [1.29, 1.82) is 0 Å². The Hall–Kier alpha value is -2.11. The van der Waals surface area contributed by atoms with Gasteiger partial charge in [0.25, 0.3) is 5.69 Å². The molecule has 0 saturated carbocycles. The van der Waals surface area contributed by atoms with Crippen molar-refractivity contribution in [3.8, 4) is 0 Å². The van der Waals surface area contributed by atoms with Gasteiger partial charge in [-0.3, -0.25) is 4.79 Å². The molecule has 74 valence electrons. The average molecular weight is 196 g/mol. The van der Waals surface area contributed by atoms with Crippen molar-refractivity contribution in [3.63, 3.8) is 0 Å². The quantitative estimate of drug-likeness (QED) is 0.486. The molecule has 0 aromatic carbocycles. The number of carbonyl (C=O) groups excluding carboxylic acids is 1. The highest BCUT2D eigenvalue weighted by Gasteiger charge is 2.16. The van der Waals surface area contributed by atoms with Crippen LogP contribution in [0.15, 0.2) is 18.3 Å². The van der Waals surface area contributed by atoms with Gasteiger partial charge in [-0.15, -0.1) is 0 Å². The van der Waals surface area contributed by atoms with Crippen molar-refractivity contribution < 1.29 is 19.4 Å². The molecule has 0 aliphatic heterocycles. The minimum absolute atomic E-state index is 0.141. The van der Waals surface area contributed by atoms with Crippen LogP contribution in [-0.4, -0.2) is 24.0 Å². The van der Waals surface area contributed by atoms with Gasteiger partial charge in [0.2, 0.25) is 0 Å². The lowest BCUT2D eigenvalue weighted by atomic mass is 10.2. The second kappa shape index (κ2) is 3.73. The molecule has 6 heteroatoms. The van der Waals surface area contributed by atoms with E-state index in [1.54, 1.807) is 0 Å². The summed E-state index contributed by atoms with van der Waals surface area (Å²) in [5.74, 6) is -1.77. The van der Waals surface area contributed by atoms with E-state index < -0.39 is 11.9 Å². The molecule has 0 radical (unpaired) electrons. The van der Waals surface area contributed by atoms with Gasteiger partial charge in [0, 0.05) is 13.1 Å². The maximum atomic E-state index is 11.1. The summed E-state index contributed by atoms with van der Waals surface area (Å²) in [7, 11) is 1.38. The smallest absolute Gasteiger partial charge is 0.341 e. The highest BCUT2D eigenvalue weighted by molar-refractivity contribution is 5.92. The van der Waals surface area contributed by atoms with Gasteiger partial charge < -0.3 is 15.6 Å². The van der Waals surface area contributed by atoms with E-state index >= 15 is 0 Å². The first-order chi connectivity index (χ1) is 6.56. The third-order valence-electron chi connectivity index (χ3n) is 1.62. The van der Waals surface area contributed by atoms with E-state index in [1.165, 1.54) is 13.1 Å². The monoisotopic (exact) mass is 196 g/mol. The molecule has 2 N–H and O–H groups in total. The average Bonchev–Trinajstić information content (AvgIpc) is 2.16. The van der Waals surface area contributed by atoms with Crippen LogP contribution in [0.4, 0.5) is 0 Å². The molecule has 0 aliphatic carbocycles. The first-order valence-corrected chi connectivity index (χ1v) is 3.75. The normalized spacial score (nSPS) is 9.50. The third kappa shape index (κ3) is 1.79. The van der Waals surface area contributed by atoms with E-state index in [2.05, 4.69) is 5.32 Å². The van der Waals surface area contributed by atoms with E-state index in [9.17, 15) is 14.8 Å². The van der Waals surface area contributed by atoms with Crippen LogP contribution in [0.25, 0.3) is 0 Å². The van der Waals surface area contributed by atoms with Crippen LogP contribution in [0.5, 0.6) is 0 Å². The first kappa shape index (κ1) is 9.97. The Kier molecular flexibility index (Phi) is 2.66. The molecule has 1 aromatic heterocycles. The van der Waals surface area contributed by atoms with Gasteiger partial charge in [0.15, 0.2) is 6.20 Å². The first-order valence-electron chi connectivity index (χ1n) is 3.75. The number of amides is 1. The molecule has 0 aliphatic rings. The van der Waals surface area contributed by atoms with Gasteiger partial charge in [-0.25, -0.2) is 4.79 Å². The number of hydrogen-bond donors (Lipinski definition) is 2. The van der Waals surface area contributed by atoms with E-state index in [-0.39, 0.29) is 16.0 Å². The Balaban J connectivity index is 3.14. The largest absolute Gasteiger partial charge is 0.618 e. The van der Waals surface area contributed by atoms with Gasteiger partial charge in [0.1, 0.15) is 5.56 Å². The number of carbonyl (C=O) groups is 2. The number of carboxylic acids is 1. The Morgan fingerprint density at radius 1 is 1.50 bits per heavy atom. The van der Waals surface area contributed by atoms with Crippen LogP contribution in [0.1, 0.15) is 20.8 Å². The molecule has 1 aromatic rings. The molecule has 6 nitrogen and oxygen atoms in total.